The van der Waals surface area contributed by atoms with Crippen LogP contribution in [0.4, 0.5) is 0 Å². The summed E-state index contributed by atoms with van der Waals surface area (Å²) in [5.74, 6) is 0. The van der Waals surface area contributed by atoms with Crippen molar-refractivity contribution in [3.8, 4) is 0 Å². The smallest absolute Gasteiger partial charge is 0.0839 e. The number of ether oxygens (including phenoxy) is 2. The molecular weight excluding hydrogens is 230 g/mol. The van der Waals surface area contributed by atoms with Gasteiger partial charge in [-0.3, -0.25) is 4.68 Å². The molecule has 1 aromatic carbocycles. The lowest BCUT2D eigenvalue weighted by Gasteiger charge is -2.05. The Morgan fingerprint density at radius 3 is 2.83 bits per heavy atom. The van der Waals surface area contributed by atoms with Gasteiger partial charge in [-0.1, -0.05) is 18.2 Å². The number of rotatable bonds is 7. The number of hydrogen-bond acceptors (Lipinski definition) is 4. The number of hydrogen-bond donors (Lipinski definition) is 1. The van der Waals surface area contributed by atoms with Gasteiger partial charge in [-0.15, -0.1) is 0 Å². The Hall–Kier alpha value is -1.43. The van der Waals surface area contributed by atoms with Gasteiger partial charge in [0.2, 0.25) is 0 Å². The molecule has 5 heteroatoms. The fraction of sp³-hybridized carbons (Fsp3) is 0.462. The topological polar surface area (TPSA) is 62.3 Å². The highest BCUT2D eigenvalue weighted by Crippen LogP contribution is 2.17. The standard InChI is InChI=1S/C13H19N3O2/c1-17-8-9-18-7-6-16-13-5-3-2-4-11(13)12(10-14)15-16/h2-5H,6-10,14H2,1H3. The van der Waals surface area contributed by atoms with Crippen molar-refractivity contribution in [2.75, 3.05) is 26.9 Å². The van der Waals surface area contributed by atoms with Gasteiger partial charge in [-0.2, -0.15) is 5.10 Å². The molecule has 1 heterocycles. The Balaban J connectivity index is 2.04. The second-order valence-corrected chi connectivity index (χ2v) is 4.00. The molecule has 98 valence electrons. The van der Waals surface area contributed by atoms with Crippen molar-refractivity contribution >= 4 is 10.9 Å². The van der Waals surface area contributed by atoms with Crippen molar-refractivity contribution in [1.82, 2.24) is 9.78 Å². The maximum absolute atomic E-state index is 5.70. The number of aromatic nitrogens is 2. The van der Waals surface area contributed by atoms with E-state index in [4.69, 9.17) is 15.2 Å². The number of fused-ring (bicyclic) bond motifs is 1. The molecule has 0 aliphatic rings. The summed E-state index contributed by atoms with van der Waals surface area (Å²) in [6.45, 7) is 3.04. The van der Waals surface area contributed by atoms with E-state index < -0.39 is 0 Å². The van der Waals surface area contributed by atoms with Crippen LogP contribution in [0.15, 0.2) is 24.3 Å². The second kappa shape index (κ2) is 6.49. The molecule has 0 radical (unpaired) electrons. The van der Waals surface area contributed by atoms with Crippen LogP contribution in [-0.4, -0.2) is 36.7 Å². The summed E-state index contributed by atoms with van der Waals surface area (Å²) in [6.07, 6.45) is 0. The summed E-state index contributed by atoms with van der Waals surface area (Å²) in [4.78, 5) is 0. The molecule has 2 N–H and O–H groups in total. The van der Waals surface area contributed by atoms with Crippen molar-refractivity contribution in [2.24, 2.45) is 5.73 Å². The molecule has 0 spiro atoms. The predicted molar refractivity (Wildman–Crippen MR) is 70.3 cm³/mol. The van der Waals surface area contributed by atoms with Gasteiger partial charge in [-0.25, -0.2) is 0 Å². The summed E-state index contributed by atoms with van der Waals surface area (Å²) in [5.41, 5.74) is 7.74. The van der Waals surface area contributed by atoms with E-state index in [1.165, 1.54) is 0 Å². The van der Waals surface area contributed by atoms with E-state index in [-0.39, 0.29) is 0 Å². The van der Waals surface area contributed by atoms with Crippen molar-refractivity contribution in [3.63, 3.8) is 0 Å². The van der Waals surface area contributed by atoms with Gasteiger partial charge >= 0.3 is 0 Å². The molecule has 0 bridgehead atoms. The van der Waals surface area contributed by atoms with Gasteiger partial charge < -0.3 is 15.2 Å². The van der Waals surface area contributed by atoms with Gasteiger partial charge in [0.15, 0.2) is 0 Å². The molecule has 0 fully saturated rings. The Labute approximate surface area is 106 Å². The van der Waals surface area contributed by atoms with Crippen LogP contribution in [0.1, 0.15) is 5.69 Å². The molecular formula is C13H19N3O2. The number of benzene rings is 1. The summed E-state index contributed by atoms with van der Waals surface area (Å²) in [7, 11) is 1.66. The first-order chi connectivity index (χ1) is 8.86. The maximum Gasteiger partial charge on any atom is 0.0839 e. The zero-order chi connectivity index (χ0) is 12.8. The average Bonchev–Trinajstić information content (AvgIpc) is 2.77. The maximum atomic E-state index is 5.70. The molecule has 2 rings (SSSR count). The van der Waals surface area contributed by atoms with Crippen LogP contribution in [0.25, 0.3) is 10.9 Å². The Morgan fingerprint density at radius 2 is 2.06 bits per heavy atom. The minimum Gasteiger partial charge on any atom is -0.382 e. The third-order valence-corrected chi connectivity index (χ3v) is 2.81. The number of nitrogens with two attached hydrogens (primary N) is 1. The summed E-state index contributed by atoms with van der Waals surface area (Å²) < 4.78 is 12.3. The molecule has 0 saturated carbocycles. The van der Waals surface area contributed by atoms with Gasteiger partial charge in [0, 0.05) is 19.0 Å². The van der Waals surface area contributed by atoms with Crippen LogP contribution in [0.3, 0.4) is 0 Å². The normalized spacial score (nSPS) is 11.2. The van der Waals surface area contributed by atoms with Crippen LogP contribution in [0.2, 0.25) is 0 Å². The third kappa shape index (κ3) is 2.87. The molecule has 5 nitrogen and oxygen atoms in total. The van der Waals surface area contributed by atoms with Crippen LogP contribution in [0.5, 0.6) is 0 Å². The molecule has 18 heavy (non-hydrogen) atoms. The fourth-order valence-corrected chi connectivity index (χ4v) is 1.91. The average molecular weight is 249 g/mol. The number of methoxy groups -OCH3 is 1. The Kier molecular flexibility index (Phi) is 4.69. The molecule has 2 aromatic rings. The molecule has 0 saturated heterocycles. The Morgan fingerprint density at radius 1 is 1.22 bits per heavy atom. The van der Waals surface area contributed by atoms with Crippen LogP contribution in [-0.2, 0) is 22.6 Å². The molecule has 1 aromatic heterocycles. The van der Waals surface area contributed by atoms with Crippen molar-refractivity contribution in [1.29, 1.82) is 0 Å². The van der Waals surface area contributed by atoms with E-state index in [1.54, 1.807) is 7.11 Å². The van der Waals surface area contributed by atoms with Crippen LogP contribution >= 0.6 is 0 Å². The largest absolute Gasteiger partial charge is 0.382 e. The number of para-hydroxylation sites is 1. The zero-order valence-electron chi connectivity index (χ0n) is 10.6. The highest BCUT2D eigenvalue weighted by atomic mass is 16.5. The molecule has 0 amide bonds. The molecule has 0 aliphatic carbocycles. The van der Waals surface area contributed by atoms with Gasteiger partial charge in [0.25, 0.3) is 0 Å². The third-order valence-electron chi connectivity index (χ3n) is 2.81. The van der Waals surface area contributed by atoms with Crippen molar-refractivity contribution in [2.45, 2.75) is 13.1 Å². The first kappa shape index (κ1) is 13.0. The van der Waals surface area contributed by atoms with E-state index in [9.17, 15) is 0 Å². The molecule has 0 aliphatic heterocycles. The van der Waals surface area contributed by atoms with Crippen molar-refractivity contribution < 1.29 is 9.47 Å². The lowest BCUT2D eigenvalue weighted by molar-refractivity contribution is 0.0658. The quantitative estimate of drug-likeness (QED) is 0.748. The highest BCUT2D eigenvalue weighted by Gasteiger charge is 2.07. The van der Waals surface area contributed by atoms with Crippen LogP contribution in [0, 0.1) is 0 Å². The first-order valence-corrected chi connectivity index (χ1v) is 6.08. The Bertz CT molecular complexity index is 496. The fourth-order valence-electron chi connectivity index (χ4n) is 1.91. The van der Waals surface area contributed by atoms with Gasteiger partial charge in [0.05, 0.1) is 37.6 Å². The minimum atomic E-state index is 0.456. The van der Waals surface area contributed by atoms with E-state index in [0.29, 0.717) is 26.4 Å². The summed E-state index contributed by atoms with van der Waals surface area (Å²) in [5, 5.41) is 5.63. The van der Waals surface area contributed by atoms with E-state index >= 15 is 0 Å². The lowest BCUT2D eigenvalue weighted by atomic mass is 10.2. The monoisotopic (exact) mass is 249 g/mol. The minimum absolute atomic E-state index is 0.456. The van der Waals surface area contributed by atoms with Crippen molar-refractivity contribution in [3.05, 3.63) is 30.0 Å². The van der Waals surface area contributed by atoms with Crippen LogP contribution < -0.4 is 5.73 Å². The van der Waals surface area contributed by atoms with E-state index in [0.717, 1.165) is 23.1 Å². The lowest BCUT2D eigenvalue weighted by Crippen LogP contribution is -2.10. The van der Waals surface area contributed by atoms with E-state index in [2.05, 4.69) is 11.2 Å². The van der Waals surface area contributed by atoms with Gasteiger partial charge in [-0.05, 0) is 6.07 Å². The number of nitrogens with zero attached hydrogens (tertiary/aromatic N) is 2. The SMILES string of the molecule is COCCOCCn1nc(CN)c2ccccc21. The first-order valence-electron chi connectivity index (χ1n) is 6.08. The highest BCUT2D eigenvalue weighted by molar-refractivity contribution is 5.81. The molecule has 0 atom stereocenters. The van der Waals surface area contributed by atoms with E-state index in [1.807, 2.05) is 22.9 Å². The second-order valence-electron chi connectivity index (χ2n) is 4.00. The molecule has 0 unspecified atom stereocenters. The van der Waals surface area contributed by atoms with Gasteiger partial charge in [0.1, 0.15) is 0 Å². The summed E-state index contributed by atoms with van der Waals surface area (Å²) >= 11 is 0. The summed E-state index contributed by atoms with van der Waals surface area (Å²) in [6, 6.07) is 8.11. The zero-order valence-corrected chi connectivity index (χ0v) is 10.6. The predicted octanol–water partition coefficient (Wildman–Crippen LogP) is 1.16.